The molecule has 1 aromatic rings. The van der Waals surface area contributed by atoms with Crippen molar-refractivity contribution in [1.82, 2.24) is 15.5 Å². The summed E-state index contributed by atoms with van der Waals surface area (Å²) >= 11 is 0. The van der Waals surface area contributed by atoms with E-state index in [0.29, 0.717) is 29.6 Å². The molecule has 25 heavy (non-hydrogen) atoms. The van der Waals surface area contributed by atoms with Gasteiger partial charge in [0, 0.05) is 25.2 Å². The first-order valence-corrected chi connectivity index (χ1v) is 8.54. The van der Waals surface area contributed by atoms with Crippen LogP contribution in [0.4, 0.5) is 10.5 Å². The largest absolute Gasteiger partial charge is 0.495 e. The summed E-state index contributed by atoms with van der Waals surface area (Å²) in [5.74, 6) is 0.279. The molecule has 140 valence electrons. The first-order chi connectivity index (χ1) is 11.9. The Bertz CT molecular complexity index is 575. The summed E-state index contributed by atoms with van der Waals surface area (Å²) in [6.45, 7) is 5.91. The number of benzene rings is 1. The zero-order chi connectivity index (χ0) is 18.8. The van der Waals surface area contributed by atoms with Crippen molar-refractivity contribution in [2.75, 3.05) is 39.6 Å². The fourth-order valence-electron chi connectivity index (χ4n) is 2.20. The first kappa shape index (κ1) is 20.8. The topological polar surface area (TPSA) is 82.7 Å². The van der Waals surface area contributed by atoms with Crippen molar-refractivity contribution >= 4 is 17.6 Å². The first-order valence-electron chi connectivity index (χ1n) is 8.54. The van der Waals surface area contributed by atoms with E-state index < -0.39 is 0 Å². The Morgan fingerprint density at radius 2 is 1.96 bits per heavy atom. The molecule has 0 spiro atoms. The Morgan fingerprint density at radius 1 is 1.24 bits per heavy atom. The Morgan fingerprint density at radius 3 is 2.56 bits per heavy atom. The molecule has 1 rings (SSSR count). The van der Waals surface area contributed by atoms with E-state index in [-0.39, 0.29) is 11.9 Å². The lowest BCUT2D eigenvalue weighted by Gasteiger charge is -2.20. The lowest BCUT2D eigenvalue weighted by molar-refractivity contribution is 0.0963. The van der Waals surface area contributed by atoms with Crippen molar-refractivity contribution < 1.29 is 14.3 Å². The highest BCUT2D eigenvalue weighted by Crippen LogP contribution is 2.25. The van der Waals surface area contributed by atoms with Gasteiger partial charge in [0.25, 0.3) is 5.91 Å². The second kappa shape index (κ2) is 10.6. The van der Waals surface area contributed by atoms with Gasteiger partial charge in [-0.2, -0.15) is 0 Å². The highest BCUT2D eigenvalue weighted by atomic mass is 16.5. The summed E-state index contributed by atoms with van der Waals surface area (Å²) in [6.07, 6.45) is 1.92. The third-order valence-electron chi connectivity index (χ3n) is 4.04. The maximum atomic E-state index is 12.0. The number of carbonyl (C=O) groups is 2. The van der Waals surface area contributed by atoms with Gasteiger partial charge in [-0.3, -0.25) is 4.79 Å². The lowest BCUT2D eigenvalue weighted by atomic mass is 10.1. The number of hydrogen-bond donors (Lipinski definition) is 3. The van der Waals surface area contributed by atoms with Crippen LogP contribution in [0.2, 0.25) is 0 Å². The van der Waals surface area contributed by atoms with Gasteiger partial charge in [0.15, 0.2) is 0 Å². The normalized spacial score (nSPS) is 10.7. The summed E-state index contributed by atoms with van der Waals surface area (Å²) in [5, 5.41) is 8.11. The van der Waals surface area contributed by atoms with E-state index in [1.165, 1.54) is 7.11 Å². The number of methoxy groups -OCH3 is 1. The van der Waals surface area contributed by atoms with Crippen LogP contribution in [-0.2, 0) is 0 Å². The van der Waals surface area contributed by atoms with E-state index in [1.807, 2.05) is 0 Å². The average Bonchev–Trinajstić information content (AvgIpc) is 2.60. The number of nitrogens with one attached hydrogen (secondary N) is 3. The minimum absolute atomic E-state index is 0.222. The third kappa shape index (κ3) is 7.01. The maximum absolute atomic E-state index is 12.0. The Kier molecular flexibility index (Phi) is 8.77. The summed E-state index contributed by atoms with van der Waals surface area (Å²) in [6, 6.07) is 5.10. The fraction of sp³-hybridized carbons (Fsp3) is 0.556. The van der Waals surface area contributed by atoms with Gasteiger partial charge in [-0.25, -0.2) is 4.79 Å². The van der Waals surface area contributed by atoms with Crippen LogP contribution >= 0.6 is 0 Å². The molecule has 7 heteroatoms. The van der Waals surface area contributed by atoms with Gasteiger partial charge in [0.05, 0.1) is 12.8 Å². The molecular formula is C18H30N4O3. The highest BCUT2D eigenvalue weighted by molar-refractivity contribution is 5.97. The highest BCUT2D eigenvalue weighted by Gasteiger charge is 2.11. The second-order valence-electron chi connectivity index (χ2n) is 6.16. The maximum Gasteiger partial charge on any atom is 0.319 e. The SMILES string of the molecule is CNC(=O)c1ccc(OC)c(NC(=O)NCCCCN(C)C(C)C)c1. The predicted octanol–water partition coefficient (Wildman–Crippen LogP) is 2.30. The zero-order valence-corrected chi connectivity index (χ0v) is 15.8. The van der Waals surface area contributed by atoms with Crippen molar-refractivity contribution in [3.8, 4) is 5.75 Å². The van der Waals surface area contributed by atoms with Crippen molar-refractivity contribution in [3.63, 3.8) is 0 Å². The Balaban J connectivity index is 2.49. The summed E-state index contributed by atoms with van der Waals surface area (Å²) < 4.78 is 5.23. The van der Waals surface area contributed by atoms with Gasteiger partial charge in [0.1, 0.15) is 5.75 Å². The number of unbranched alkanes of at least 4 members (excludes halogenated alkanes) is 1. The molecule has 0 saturated heterocycles. The van der Waals surface area contributed by atoms with E-state index >= 15 is 0 Å². The van der Waals surface area contributed by atoms with Gasteiger partial charge in [-0.15, -0.1) is 0 Å². The molecule has 0 radical (unpaired) electrons. The minimum Gasteiger partial charge on any atom is -0.495 e. The minimum atomic E-state index is -0.315. The van der Waals surface area contributed by atoms with Crippen LogP contribution in [0.15, 0.2) is 18.2 Å². The van der Waals surface area contributed by atoms with Crippen LogP contribution in [0.1, 0.15) is 37.0 Å². The molecule has 0 unspecified atom stereocenters. The zero-order valence-electron chi connectivity index (χ0n) is 15.8. The molecule has 3 amide bonds. The molecule has 3 N–H and O–H groups in total. The second-order valence-corrected chi connectivity index (χ2v) is 6.16. The molecule has 7 nitrogen and oxygen atoms in total. The summed E-state index contributed by atoms with van der Waals surface area (Å²) in [5.41, 5.74) is 0.913. The molecule has 0 aromatic heterocycles. The van der Waals surface area contributed by atoms with Crippen LogP contribution in [-0.4, -0.2) is 57.2 Å². The number of anilines is 1. The van der Waals surface area contributed by atoms with E-state index in [1.54, 1.807) is 25.2 Å². The summed E-state index contributed by atoms with van der Waals surface area (Å²) in [7, 11) is 5.17. The van der Waals surface area contributed by atoms with Gasteiger partial charge >= 0.3 is 6.03 Å². The number of amides is 3. The van der Waals surface area contributed by atoms with Crippen LogP contribution in [0.3, 0.4) is 0 Å². The molecule has 0 aliphatic carbocycles. The quantitative estimate of drug-likeness (QED) is 0.597. The standard InChI is InChI=1S/C18H30N4O3/c1-13(2)22(4)11-7-6-10-20-18(24)21-15-12-14(17(23)19-3)8-9-16(15)25-5/h8-9,12-13H,6-7,10-11H2,1-5H3,(H,19,23)(H2,20,21,24). The molecule has 0 saturated carbocycles. The Labute approximate surface area is 150 Å². The molecule has 0 aliphatic heterocycles. The number of urea groups is 1. The molecule has 0 heterocycles. The number of hydrogen-bond acceptors (Lipinski definition) is 4. The molecule has 0 atom stereocenters. The van der Waals surface area contributed by atoms with Crippen molar-refractivity contribution in [2.24, 2.45) is 0 Å². The van der Waals surface area contributed by atoms with Crippen LogP contribution in [0.25, 0.3) is 0 Å². The number of ether oxygens (including phenoxy) is 1. The summed E-state index contributed by atoms with van der Waals surface area (Å²) in [4.78, 5) is 26.0. The van der Waals surface area contributed by atoms with E-state index in [4.69, 9.17) is 4.74 Å². The number of carbonyl (C=O) groups excluding carboxylic acids is 2. The van der Waals surface area contributed by atoms with Gasteiger partial charge in [0.2, 0.25) is 0 Å². The lowest BCUT2D eigenvalue weighted by Crippen LogP contribution is -2.31. The van der Waals surface area contributed by atoms with Crippen molar-refractivity contribution in [1.29, 1.82) is 0 Å². The number of nitrogens with zero attached hydrogens (tertiary/aromatic N) is 1. The van der Waals surface area contributed by atoms with Gasteiger partial charge < -0.3 is 25.6 Å². The van der Waals surface area contributed by atoms with Crippen LogP contribution < -0.4 is 20.7 Å². The number of rotatable bonds is 9. The molecular weight excluding hydrogens is 320 g/mol. The van der Waals surface area contributed by atoms with E-state index in [2.05, 4.69) is 41.7 Å². The van der Waals surface area contributed by atoms with Gasteiger partial charge in [-0.1, -0.05) is 0 Å². The van der Waals surface area contributed by atoms with Crippen LogP contribution in [0.5, 0.6) is 5.75 Å². The van der Waals surface area contributed by atoms with Crippen molar-refractivity contribution in [2.45, 2.75) is 32.7 Å². The monoisotopic (exact) mass is 350 g/mol. The fourth-order valence-corrected chi connectivity index (χ4v) is 2.20. The molecule has 1 aromatic carbocycles. The van der Waals surface area contributed by atoms with Crippen LogP contribution in [0, 0.1) is 0 Å². The average molecular weight is 350 g/mol. The Hall–Kier alpha value is -2.28. The van der Waals surface area contributed by atoms with E-state index in [9.17, 15) is 9.59 Å². The smallest absolute Gasteiger partial charge is 0.319 e. The van der Waals surface area contributed by atoms with Gasteiger partial charge in [-0.05, 0) is 58.5 Å². The van der Waals surface area contributed by atoms with E-state index in [0.717, 1.165) is 19.4 Å². The third-order valence-corrected chi connectivity index (χ3v) is 4.04. The molecule has 0 fully saturated rings. The molecule has 0 aliphatic rings. The predicted molar refractivity (Wildman–Crippen MR) is 100 cm³/mol. The molecule has 0 bridgehead atoms. The van der Waals surface area contributed by atoms with Crippen molar-refractivity contribution in [3.05, 3.63) is 23.8 Å².